The second-order valence-electron chi connectivity index (χ2n) is 4.59. The lowest BCUT2D eigenvalue weighted by atomic mass is 10.2. The van der Waals surface area contributed by atoms with Gasteiger partial charge in [0, 0.05) is 4.90 Å². The lowest BCUT2D eigenvalue weighted by Gasteiger charge is -2.02. The number of halogens is 1. The van der Waals surface area contributed by atoms with E-state index in [1.165, 1.54) is 6.08 Å². The molecule has 0 heterocycles. The first-order chi connectivity index (χ1) is 10.2. The SMILES string of the molecule is Cc1ccc([S@@](=O)/C(F)=C\COCc2ccccc2)cc1. The third-order valence-corrected chi connectivity index (χ3v) is 4.11. The Kier molecular flexibility index (Phi) is 5.84. The molecule has 4 heteroatoms. The molecule has 0 radical (unpaired) electrons. The Morgan fingerprint density at radius 1 is 1.14 bits per heavy atom. The Hall–Kier alpha value is -1.78. The summed E-state index contributed by atoms with van der Waals surface area (Å²) in [5, 5.41) is -0.674. The van der Waals surface area contributed by atoms with E-state index >= 15 is 0 Å². The lowest BCUT2D eigenvalue weighted by molar-refractivity contribution is 0.148. The van der Waals surface area contributed by atoms with Gasteiger partial charge in [-0.1, -0.05) is 48.0 Å². The number of aryl methyl sites for hydroxylation is 1. The van der Waals surface area contributed by atoms with Crippen LogP contribution >= 0.6 is 0 Å². The number of hydrogen-bond acceptors (Lipinski definition) is 2. The average molecular weight is 304 g/mol. The summed E-state index contributed by atoms with van der Waals surface area (Å²) in [4.78, 5) is 0.456. The van der Waals surface area contributed by atoms with Gasteiger partial charge in [-0.15, -0.1) is 0 Å². The van der Waals surface area contributed by atoms with Crippen molar-refractivity contribution >= 4 is 10.8 Å². The molecule has 0 aliphatic heterocycles. The molecule has 2 rings (SSSR count). The Morgan fingerprint density at radius 3 is 2.48 bits per heavy atom. The van der Waals surface area contributed by atoms with E-state index in [4.69, 9.17) is 4.74 Å². The molecule has 2 aromatic rings. The molecule has 0 saturated heterocycles. The van der Waals surface area contributed by atoms with Crippen LogP contribution in [0.3, 0.4) is 0 Å². The summed E-state index contributed by atoms with van der Waals surface area (Å²) in [6.45, 7) is 2.43. The fourth-order valence-electron chi connectivity index (χ4n) is 1.73. The van der Waals surface area contributed by atoms with E-state index in [1.54, 1.807) is 12.1 Å². The Morgan fingerprint density at radius 2 is 1.81 bits per heavy atom. The fourth-order valence-corrected chi connectivity index (χ4v) is 2.55. The maximum atomic E-state index is 13.8. The van der Waals surface area contributed by atoms with Crippen molar-refractivity contribution < 1.29 is 13.3 Å². The number of hydrogen-bond donors (Lipinski definition) is 0. The monoisotopic (exact) mass is 304 g/mol. The Bertz CT molecular complexity index is 621. The smallest absolute Gasteiger partial charge is 0.190 e. The molecule has 0 amide bonds. The Balaban J connectivity index is 1.86. The third-order valence-electron chi connectivity index (χ3n) is 2.89. The van der Waals surface area contributed by atoms with Gasteiger partial charge < -0.3 is 4.74 Å². The van der Waals surface area contributed by atoms with Crippen LogP contribution in [0.25, 0.3) is 0 Å². The maximum absolute atomic E-state index is 13.8. The molecule has 2 aromatic carbocycles. The van der Waals surface area contributed by atoms with Gasteiger partial charge in [0.1, 0.15) is 10.8 Å². The van der Waals surface area contributed by atoms with Crippen LogP contribution in [0.1, 0.15) is 11.1 Å². The molecule has 0 aliphatic rings. The van der Waals surface area contributed by atoms with E-state index < -0.39 is 16.0 Å². The van der Waals surface area contributed by atoms with Crippen LogP contribution in [-0.4, -0.2) is 10.8 Å². The molecular weight excluding hydrogens is 287 g/mol. The zero-order chi connectivity index (χ0) is 15.1. The molecule has 110 valence electrons. The van der Waals surface area contributed by atoms with Gasteiger partial charge in [-0.3, -0.25) is 0 Å². The zero-order valence-electron chi connectivity index (χ0n) is 11.8. The van der Waals surface area contributed by atoms with Crippen molar-refractivity contribution in [2.75, 3.05) is 6.61 Å². The van der Waals surface area contributed by atoms with Crippen molar-refractivity contribution in [1.29, 1.82) is 0 Å². The minimum absolute atomic E-state index is 0.0956. The first kappa shape index (κ1) is 15.6. The number of rotatable bonds is 6. The van der Waals surface area contributed by atoms with Crippen molar-refractivity contribution in [3.63, 3.8) is 0 Å². The molecule has 0 fully saturated rings. The number of benzene rings is 2. The van der Waals surface area contributed by atoms with Crippen LogP contribution in [-0.2, 0) is 22.1 Å². The highest BCUT2D eigenvalue weighted by Crippen LogP contribution is 2.16. The molecule has 1 atom stereocenters. The lowest BCUT2D eigenvalue weighted by Crippen LogP contribution is -1.96. The Labute approximate surface area is 126 Å². The molecule has 0 unspecified atom stereocenters. The van der Waals surface area contributed by atoms with E-state index in [0.717, 1.165) is 11.1 Å². The second kappa shape index (κ2) is 7.86. The molecule has 0 spiro atoms. The predicted octanol–water partition coefficient (Wildman–Crippen LogP) is 4.13. The van der Waals surface area contributed by atoms with E-state index in [2.05, 4.69) is 0 Å². The highest BCUT2D eigenvalue weighted by molar-refractivity contribution is 7.88. The normalized spacial score (nSPS) is 13.1. The van der Waals surface area contributed by atoms with E-state index in [0.29, 0.717) is 11.5 Å². The molecule has 21 heavy (non-hydrogen) atoms. The first-order valence-corrected chi connectivity index (χ1v) is 7.77. The zero-order valence-corrected chi connectivity index (χ0v) is 12.6. The topological polar surface area (TPSA) is 26.3 Å². The highest BCUT2D eigenvalue weighted by Gasteiger charge is 2.09. The summed E-state index contributed by atoms with van der Waals surface area (Å²) < 4.78 is 31.1. The maximum Gasteiger partial charge on any atom is 0.190 e. The van der Waals surface area contributed by atoms with Gasteiger partial charge in [-0.25, -0.2) is 4.21 Å². The largest absolute Gasteiger partial charge is 0.373 e. The third kappa shape index (κ3) is 4.92. The van der Waals surface area contributed by atoms with Gasteiger partial charge >= 0.3 is 0 Å². The minimum Gasteiger partial charge on any atom is -0.373 e. The van der Waals surface area contributed by atoms with Crippen LogP contribution in [0.2, 0.25) is 0 Å². The van der Waals surface area contributed by atoms with E-state index in [-0.39, 0.29) is 6.61 Å². The van der Waals surface area contributed by atoms with Crippen LogP contribution in [0, 0.1) is 6.92 Å². The van der Waals surface area contributed by atoms with Crippen LogP contribution in [0.4, 0.5) is 4.39 Å². The summed E-state index contributed by atoms with van der Waals surface area (Å²) in [6.07, 6.45) is 1.22. The molecule has 0 aromatic heterocycles. The fraction of sp³-hybridized carbons (Fsp3) is 0.176. The van der Waals surface area contributed by atoms with Crippen molar-refractivity contribution in [2.24, 2.45) is 0 Å². The molecule has 2 nitrogen and oxygen atoms in total. The standard InChI is InChI=1S/C17H17FO2S/c1-14-7-9-16(10-8-14)21(19)17(18)11-12-20-13-15-5-3-2-4-6-15/h2-11H,12-13H2,1H3/b17-11-/t21-/m1/s1. The first-order valence-electron chi connectivity index (χ1n) is 6.62. The predicted molar refractivity (Wildman–Crippen MR) is 82.9 cm³/mol. The van der Waals surface area contributed by atoms with Crippen molar-refractivity contribution in [3.8, 4) is 0 Å². The van der Waals surface area contributed by atoms with Gasteiger partial charge in [-0.2, -0.15) is 4.39 Å². The van der Waals surface area contributed by atoms with Crippen LogP contribution in [0.15, 0.2) is 70.7 Å². The van der Waals surface area contributed by atoms with E-state index in [9.17, 15) is 8.60 Å². The molecule has 0 saturated carbocycles. The quantitative estimate of drug-likeness (QED) is 0.750. The molecule has 0 aliphatic carbocycles. The van der Waals surface area contributed by atoms with Crippen LogP contribution in [0.5, 0.6) is 0 Å². The van der Waals surface area contributed by atoms with Gasteiger partial charge in [-0.05, 0) is 30.7 Å². The molecule has 0 N–H and O–H groups in total. The summed E-state index contributed by atoms with van der Waals surface area (Å²) >= 11 is 0. The van der Waals surface area contributed by atoms with Crippen molar-refractivity contribution in [1.82, 2.24) is 0 Å². The molecular formula is C17H17FO2S. The van der Waals surface area contributed by atoms with Gasteiger partial charge in [0.15, 0.2) is 5.16 Å². The van der Waals surface area contributed by atoms with E-state index in [1.807, 2.05) is 49.4 Å². The average Bonchev–Trinajstić information content (AvgIpc) is 2.52. The number of ether oxygens (including phenoxy) is 1. The van der Waals surface area contributed by atoms with Crippen LogP contribution < -0.4 is 0 Å². The van der Waals surface area contributed by atoms with Gasteiger partial charge in [0.25, 0.3) is 0 Å². The summed E-state index contributed by atoms with van der Waals surface area (Å²) in [5.74, 6) is 0. The van der Waals surface area contributed by atoms with Gasteiger partial charge in [0.2, 0.25) is 0 Å². The summed E-state index contributed by atoms with van der Waals surface area (Å²) in [6, 6.07) is 16.6. The summed E-state index contributed by atoms with van der Waals surface area (Å²) in [7, 11) is -1.77. The highest BCUT2D eigenvalue weighted by atomic mass is 32.2. The minimum atomic E-state index is -1.77. The summed E-state index contributed by atoms with van der Waals surface area (Å²) in [5.41, 5.74) is 2.07. The van der Waals surface area contributed by atoms with Gasteiger partial charge in [0.05, 0.1) is 13.2 Å². The van der Waals surface area contributed by atoms with Crippen molar-refractivity contribution in [3.05, 3.63) is 77.0 Å². The van der Waals surface area contributed by atoms with Crippen molar-refractivity contribution in [2.45, 2.75) is 18.4 Å². The molecule has 0 bridgehead atoms. The second-order valence-corrected chi connectivity index (χ2v) is 5.99.